The lowest BCUT2D eigenvalue weighted by molar-refractivity contribution is 0.628. The molecule has 0 aliphatic carbocycles. The molecular formula is C18H11ClFN5. The molecule has 0 saturated heterocycles. The molecule has 0 unspecified atom stereocenters. The van der Waals surface area contributed by atoms with Gasteiger partial charge in [0.05, 0.1) is 16.1 Å². The molecule has 0 aliphatic rings. The van der Waals surface area contributed by atoms with Gasteiger partial charge in [0.25, 0.3) is 0 Å². The topological polar surface area (TPSA) is 63.6 Å². The molecule has 2 aromatic carbocycles. The molecule has 2 heterocycles. The van der Waals surface area contributed by atoms with Crippen molar-refractivity contribution in [2.24, 2.45) is 0 Å². The maximum Gasteiger partial charge on any atom is 0.165 e. The van der Waals surface area contributed by atoms with Gasteiger partial charge in [-0.1, -0.05) is 23.7 Å². The van der Waals surface area contributed by atoms with E-state index in [2.05, 4.69) is 25.3 Å². The van der Waals surface area contributed by atoms with E-state index in [1.54, 1.807) is 18.5 Å². The minimum atomic E-state index is -0.470. The van der Waals surface area contributed by atoms with Crippen LogP contribution in [0.15, 0.2) is 61.2 Å². The van der Waals surface area contributed by atoms with Crippen molar-refractivity contribution in [3.05, 3.63) is 72.0 Å². The second-order valence-electron chi connectivity index (χ2n) is 5.29. The first-order valence-electron chi connectivity index (χ1n) is 7.45. The van der Waals surface area contributed by atoms with Crippen LogP contribution in [0.1, 0.15) is 0 Å². The molecule has 0 spiro atoms. The molecule has 0 bridgehead atoms. The number of fused-ring (bicyclic) bond motifs is 1. The Kier molecular flexibility index (Phi) is 3.95. The van der Waals surface area contributed by atoms with E-state index in [-0.39, 0.29) is 5.02 Å². The van der Waals surface area contributed by atoms with Gasteiger partial charge in [-0.2, -0.15) is 0 Å². The SMILES string of the molecule is Fc1ccc(Nc2nc(-c3cncnc3)nc3ccccc23)cc1Cl. The van der Waals surface area contributed by atoms with Crippen LogP contribution in [0.2, 0.25) is 5.02 Å². The predicted molar refractivity (Wildman–Crippen MR) is 95.3 cm³/mol. The van der Waals surface area contributed by atoms with Crippen LogP contribution in [0.4, 0.5) is 15.9 Å². The Balaban J connectivity index is 1.85. The Morgan fingerprint density at radius 1 is 0.960 bits per heavy atom. The number of hydrogen-bond donors (Lipinski definition) is 1. The molecule has 122 valence electrons. The molecule has 0 fully saturated rings. The Morgan fingerprint density at radius 2 is 1.76 bits per heavy atom. The summed E-state index contributed by atoms with van der Waals surface area (Å²) in [6.07, 6.45) is 4.75. The van der Waals surface area contributed by atoms with Crippen molar-refractivity contribution in [3.63, 3.8) is 0 Å². The van der Waals surface area contributed by atoms with E-state index in [4.69, 9.17) is 11.6 Å². The first kappa shape index (κ1) is 15.4. The summed E-state index contributed by atoms with van der Waals surface area (Å²) >= 11 is 5.86. The van der Waals surface area contributed by atoms with Crippen LogP contribution >= 0.6 is 11.6 Å². The quantitative estimate of drug-likeness (QED) is 0.583. The number of benzene rings is 2. The van der Waals surface area contributed by atoms with E-state index < -0.39 is 5.82 Å². The number of halogens is 2. The van der Waals surface area contributed by atoms with E-state index >= 15 is 0 Å². The van der Waals surface area contributed by atoms with Gasteiger partial charge in [-0.3, -0.25) is 0 Å². The molecule has 25 heavy (non-hydrogen) atoms. The van der Waals surface area contributed by atoms with Crippen LogP contribution in [-0.4, -0.2) is 19.9 Å². The zero-order valence-electron chi connectivity index (χ0n) is 12.8. The summed E-state index contributed by atoms with van der Waals surface area (Å²) in [5.41, 5.74) is 2.10. The van der Waals surface area contributed by atoms with Crippen LogP contribution in [0.3, 0.4) is 0 Å². The average molecular weight is 352 g/mol. The highest BCUT2D eigenvalue weighted by Gasteiger charge is 2.11. The molecular weight excluding hydrogens is 341 g/mol. The first-order chi connectivity index (χ1) is 12.2. The molecule has 5 nitrogen and oxygen atoms in total. The second kappa shape index (κ2) is 6.41. The van der Waals surface area contributed by atoms with Crippen molar-refractivity contribution in [3.8, 4) is 11.4 Å². The summed E-state index contributed by atoms with van der Waals surface area (Å²) in [7, 11) is 0. The van der Waals surface area contributed by atoms with Gasteiger partial charge in [0.2, 0.25) is 0 Å². The summed E-state index contributed by atoms with van der Waals surface area (Å²) in [6.45, 7) is 0. The molecule has 7 heteroatoms. The van der Waals surface area contributed by atoms with Crippen LogP contribution in [0, 0.1) is 5.82 Å². The van der Waals surface area contributed by atoms with Crippen molar-refractivity contribution >= 4 is 34.0 Å². The highest BCUT2D eigenvalue weighted by molar-refractivity contribution is 6.31. The first-order valence-corrected chi connectivity index (χ1v) is 7.83. The third-order valence-corrected chi connectivity index (χ3v) is 3.89. The van der Waals surface area contributed by atoms with E-state index in [9.17, 15) is 4.39 Å². The van der Waals surface area contributed by atoms with Crippen molar-refractivity contribution < 1.29 is 4.39 Å². The lowest BCUT2D eigenvalue weighted by Gasteiger charge is -2.11. The molecule has 4 rings (SSSR count). The van der Waals surface area contributed by atoms with Crippen LogP contribution in [-0.2, 0) is 0 Å². The standard InChI is InChI=1S/C18H11ClFN5/c19-14-7-12(5-6-15(14)20)23-18-13-3-1-2-4-16(13)24-17(25-18)11-8-21-10-22-9-11/h1-10H,(H,23,24,25). The normalized spacial score (nSPS) is 10.8. The molecule has 0 radical (unpaired) electrons. The fourth-order valence-electron chi connectivity index (χ4n) is 2.43. The monoisotopic (exact) mass is 351 g/mol. The second-order valence-corrected chi connectivity index (χ2v) is 5.70. The predicted octanol–water partition coefficient (Wildman–Crippen LogP) is 4.62. The molecule has 0 atom stereocenters. The van der Waals surface area contributed by atoms with Gasteiger partial charge < -0.3 is 5.32 Å². The number of nitrogens with one attached hydrogen (secondary N) is 1. The van der Waals surface area contributed by atoms with Crippen LogP contribution in [0.25, 0.3) is 22.3 Å². The summed E-state index contributed by atoms with van der Waals surface area (Å²) in [6, 6.07) is 12.0. The van der Waals surface area contributed by atoms with Crippen LogP contribution in [0.5, 0.6) is 0 Å². The summed E-state index contributed by atoms with van der Waals surface area (Å²) in [5, 5.41) is 4.06. The van der Waals surface area contributed by atoms with Gasteiger partial charge in [-0.25, -0.2) is 24.3 Å². The van der Waals surface area contributed by atoms with Gasteiger partial charge in [0.15, 0.2) is 5.82 Å². The van der Waals surface area contributed by atoms with E-state index in [1.807, 2.05) is 24.3 Å². The molecule has 0 amide bonds. The minimum Gasteiger partial charge on any atom is -0.340 e. The Bertz CT molecular complexity index is 1060. The van der Waals surface area contributed by atoms with Gasteiger partial charge in [0.1, 0.15) is 18.0 Å². The average Bonchev–Trinajstić information content (AvgIpc) is 2.65. The summed E-state index contributed by atoms with van der Waals surface area (Å²) in [5.74, 6) is 0.615. The highest BCUT2D eigenvalue weighted by Crippen LogP contribution is 2.28. The fourth-order valence-corrected chi connectivity index (χ4v) is 2.61. The summed E-state index contributed by atoms with van der Waals surface area (Å²) in [4.78, 5) is 17.2. The van der Waals surface area contributed by atoms with Crippen molar-refractivity contribution in [2.75, 3.05) is 5.32 Å². The largest absolute Gasteiger partial charge is 0.340 e. The lowest BCUT2D eigenvalue weighted by atomic mass is 10.2. The van der Waals surface area contributed by atoms with Crippen molar-refractivity contribution in [1.29, 1.82) is 0 Å². The Morgan fingerprint density at radius 3 is 2.56 bits per heavy atom. The van der Waals surface area contributed by atoms with E-state index in [1.165, 1.54) is 18.5 Å². The number of anilines is 2. The molecule has 2 aromatic heterocycles. The zero-order chi connectivity index (χ0) is 17.2. The Hall–Kier alpha value is -3.12. The molecule has 1 N–H and O–H groups in total. The number of hydrogen-bond acceptors (Lipinski definition) is 5. The lowest BCUT2D eigenvalue weighted by Crippen LogP contribution is -2.00. The van der Waals surface area contributed by atoms with Crippen LogP contribution < -0.4 is 5.32 Å². The van der Waals surface area contributed by atoms with E-state index in [0.717, 1.165) is 10.9 Å². The van der Waals surface area contributed by atoms with Crippen molar-refractivity contribution in [1.82, 2.24) is 19.9 Å². The smallest absolute Gasteiger partial charge is 0.165 e. The fraction of sp³-hybridized carbons (Fsp3) is 0. The number of nitrogens with zero attached hydrogens (tertiary/aromatic N) is 4. The molecule has 0 saturated carbocycles. The maximum atomic E-state index is 13.4. The van der Waals surface area contributed by atoms with Gasteiger partial charge in [-0.05, 0) is 30.3 Å². The number of rotatable bonds is 3. The van der Waals surface area contributed by atoms with Gasteiger partial charge >= 0.3 is 0 Å². The summed E-state index contributed by atoms with van der Waals surface area (Å²) < 4.78 is 13.4. The third kappa shape index (κ3) is 3.12. The highest BCUT2D eigenvalue weighted by atomic mass is 35.5. The third-order valence-electron chi connectivity index (χ3n) is 3.60. The number of aromatic nitrogens is 4. The van der Waals surface area contributed by atoms with E-state index in [0.29, 0.717) is 22.9 Å². The zero-order valence-corrected chi connectivity index (χ0v) is 13.6. The minimum absolute atomic E-state index is 0.0417. The van der Waals surface area contributed by atoms with Gasteiger partial charge in [-0.15, -0.1) is 0 Å². The van der Waals surface area contributed by atoms with Crippen molar-refractivity contribution in [2.45, 2.75) is 0 Å². The Labute approximate surface area is 147 Å². The molecule has 0 aliphatic heterocycles. The van der Waals surface area contributed by atoms with Gasteiger partial charge in [0, 0.05) is 23.5 Å². The molecule has 4 aromatic rings. The maximum absolute atomic E-state index is 13.4. The number of para-hydroxylation sites is 1.